The van der Waals surface area contributed by atoms with Crippen LogP contribution in [0.4, 0.5) is 0 Å². The lowest BCUT2D eigenvalue weighted by Gasteiger charge is -2.17. The minimum absolute atomic E-state index is 0.338. The predicted molar refractivity (Wildman–Crippen MR) is 98.2 cm³/mol. The van der Waals surface area contributed by atoms with Gasteiger partial charge in [-0.15, -0.1) is 0 Å². The predicted octanol–water partition coefficient (Wildman–Crippen LogP) is 4.33. The molecule has 3 heteroatoms. The van der Waals surface area contributed by atoms with Crippen molar-refractivity contribution in [3.8, 4) is 5.75 Å². The lowest BCUT2D eigenvalue weighted by molar-refractivity contribution is 0.167. The number of nitrogens with one attached hydrogen (secondary N) is 1. The number of aliphatic hydroxyl groups excluding tert-OH is 1. The highest BCUT2D eigenvalue weighted by molar-refractivity contribution is 5.27. The molecule has 1 aromatic carbocycles. The van der Waals surface area contributed by atoms with Gasteiger partial charge in [-0.1, -0.05) is 51.7 Å². The van der Waals surface area contributed by atoms with Crippen molar-refractivity contribution in [2.75, 3.05) is 13.2 Å². The lowest BCUT2D eigenvalue weighted by Crippen LogP contribution is -2.34. The Morgan fingerprint density at radius 1 is 1.04 bits per heavy atom. The number of aliphatic hydroxyl groups is 1. The Labute approximate surface area is 142 Å². The molecule has 2 atom stereocenters. The number of benzene rings is 1. The molecule has 1 aromatic rings. The summed E-state index contributed by atoms with van der Waals surface area (Å²) in [6.07, 6.45) is 7.58. The van der Waals surface area contributed by atoms with Crippen molar-refractivity contribution < 1.29 is 9.84 Å². The molecular weight excluding hydrogens is 286 g/mol. The number of rotatable bonds is 13. The molecule has 0 aliphatic rings. The van der Waals surface area contributed by atoms with Crippen molar-refractivity contribution in [2.45, 2.75) is 77.9 Å². The van der Waals surface area contributed by atoms with E-state index in [1.54, 1.807) is 0 Å². The summed E-state index contributed by atoms with van der Waals surface area (Å²) in [4.78, 5) is 0. The van der Waals surface area contributed by atoms with Gasteiger partial charge in [0.25, 0.3) is 0 Å². The Kier molecular flexibility index (Phi) is 10.8. The Balaban J connectivity index is 2.24. The average molecular weight is 322 g/mol. The molecule has 23 heavy (non-hydrogen) atoms. The number of ether oxygens (including phenoxy) is 1. The third-order valence-corrected chi connectivity index (χ3v) is 4.10. The molecule has 0 bridgehead atoms. The summed E-state index contributed by atoms with van der Waals surface area (Å²) < 4.78 is 5.66. The molecule has 0 spiro atoms. The van der Waals surface area contributed by atoms with Crippen molar-refractivity contribution in [3.63, 3.8) is 0 Å². The van der Waals surface area contributed by atoms with Crippen molar-refractivity contribution in [1.82, 2.24) is 5.32 Å². The summed E-state index contributed by atoms with van der Waals surface area (Å²) in [7, 11) is 0. The normalized spacial score (nSPS) is 13.7. The Morgan fingerprint density at radius 3 is 2.39 bits per heavy atom. The topological polar surface area (TPSA) is 41.5 Å². The summed E-state index contributed by atoms with van der Waals surface area (Å²) in [6.45, 7) is 8.01. The van der Waals surface area contributed by atoms with E-state index in [1.165, 1.54) is 25.7 Å². The van der Waals surface area contributed by atoms with Crippen LogP contribution < -0.4 is 10.1 Å². The van der Waals surface area contributed by atoms with Crippen LogP contribution in [0.1, 0.15) is 64.9 Å². The Morgan fingerprint density at radius 2 is 1.74 bits per heavy atom. The highest BCUT2D eigenvalue weighted by Gasteiger charge is 2.08. The molecule has 0 amide bonds. The van der Waals surface area contributed by atoms with Crippen LogP contribution in [0.15, 0.2) is 24.3 Å². The lowest BCUT2D eigenvalue weighted by atomic mass is 10.1. The van der Waals surface area contributed by atoms with Crippen LogP contribution >= 0.6 is 0 Å². The van der Waals surface area contributed by atoms with Crippen LogP contribution in [0.5, 0.6) is 5.75 Å². The van der Waals surface area contributed by atoms with Crippen LogP contribution in [-0.2, 0) is 6.42 Å². The molecule has 132 valence electrons. The van der Waals surface area contributed by atoms with Gasteiger partial charge in [-0.25, -0.2) is 0 Å². The molecular formula is C20H35NO2. The highest BCUT2D eigenvalue weighted by atomic mass is 16.5. The van der Waals surface area contributed by atoms with Crippen LogP contribution in [0.25, 0.3) is 0 Å². The second-order valence-corrected chi connectivity index (χ2v) is 6.51. The van der Waals surface area contributed by atoms with Gasteiger partial charge >= 0.3 is 0 Å². The maximum absolute atomic E-state index is 10.2. The van der Waals surface area contributed by atoms with E-state index < -0.39 is 0 Å². The SMILES string of the molecule is CCCCC[C@H](C)NC[C@@H](O)Cc1ccc(OCCCC)cc1. The molecule has 0 heterocycles. The maximum atomic E-state index is 10.2. The second kappa shape index (κ2) is 12.4. The van der Waals surface area contributed by atoms with Crippen LogP contribution in [0.2, 0.25) is 0 Å². The standard InChI is InChI=1S/C20H35NO2/c1-4-6-8-9-17(3)21-16-19(22)15-18-10-12-20(13-11-18)23-14-7-5-2/h10-13,17,19,21-22H,4-9,14-16H2,1-3H3/t17-,19-/m0/s1. The molecule has 0 radical (unpaired) electrons. The molecule has 0 fully saturated rings. The molecule has 0 unspecified atom stereocenters. The Hall–Kier alpha value is -1.06. The molecule has 2 N–H and O–H groups in total. The van der Waals surface area contributed by atoms with Crippen LogP contribution in [-0.4, -0.2) is 30.4 Å². The van der Waals surface area contributed by atoms with E-state index in [0.717, 1.165) is 30.8 Å². The molecule has 0 aromatic heterocycles. The van der Waals surface area contributed by atoms with Gasteiger partial charge < -0.3 is 15.2 Å². The highest BCUT2D eigenvalue weighted by Crippen LogP contribution is 2.14. The summed E-state index contributed by atoms with van der Waals surface area (Å²) in [5, 5.41) is 13.6. The van der Waals surface area contributed by atoms with E-state index in [0.29, 0.717) is 19.0 Å². The third-order valence-electron chi connectivity index (χ3n) is 4.10. The molecule has 0 aliphatic carbocycles. The average Bonchev–Trinajstić information content (AvgIpc) is 2.55. The fraction of sp³-hybridized carbons (Fsp3) is 0.700. The summed E-state index contributed by atoms with van der Waals surface area (Å²) in [5.74, 6) is 0.916. The monoisotopic (exact) mass is 321 g/mol. The van der Waals surface area contributed by atoms with Crippen molar-refractivity contribution in [2.24, 2.45) is 0 Å². The Bertz CT molecular complexity index is 391. The van der Waals surface area contributed by atoms with Crippen LogP contribution in [0.3, 0.4) is 0 Å². The van der Waals surface area contributed by atoms with Gasteiger partial charge in [0.15, 0.2) is 0 Å². The number of hydrogen-bond acceptors (Lipinski definition) is 3. The van der Waals surface area contributed by atoms with Gasteiger partial charge in [0.2, 0.25) is 0 Å². The van der Waals surface area contributed by atoms with Crippen LogP contribution in [0, 0.1) is 0 Å². The summed E-state index contributed by atoms with van der Waals surface area (Å²) in [6, 6.07) is 8.58. The quantitative estimate of drug-likeness (QED) is 0.531. The zero-order valence-electron chi connectivity index (χ0n) is 15.2. The first-order valence-electron chi connectivity index (χ1n) is 9.28. The van der Waals surface area contributed by atoms with E-state index in [-0.39, 0.29) is 6.10 Å². The largest absolute Gasteiger partial charge is 0.494 e. The fourth-order valence-corrected chi connectivity index (χ4v) is 2.54. The van der Waals surface area contributed by atoms with Gasteiger partial charge in [0, 0.05) is 12.6 Å². The first-order chi connectivity index (χ1) is 11.2. The minimum Gasteiger partial charge on any atom is -0.494 e. The molecule has 1 rings (SSSR count). The van der Waals surface area contributed by atoms with Gasteiger partial charge in [-0.3, -0.25) is 0 Å². The van der Waals surface area contributed by atoms with Gasteiger partial charge in [-0.05, 0) is 43.9 Å². The number of hydrogen-bond donors (Lipinski definition) is 2. The smallest absolute Gasteiger partial charge is 0.119 e. The van der Waals surface area contributed by atoms with E-state index in [4.69, 9.17) is 4.74 Å². The van der Waals surface area contributed by atoms with Gasteiger partial charge in [-0.2, -0.15) is 0 Å². The zero-order chi connectivity index (χ0) is 16.9. The minimum atomic E-state index is -0.338. The first-order valence-corrected chi connectivity index (χ1v) is 9.28. The molecule has 3 nitrogen and oxygen atoms in total. The van der Waals surface area contributed by atoms with Gasteiger partial charge in [0.1, 0.15) is 5.75 Å². The van der Waals surface area contributed by atoms with E-state index >= 15 is 0 Å². The maximum Gasteiger partial charge on any atom is 0.119 e. The number of unbranched alkanes of at least 4 members (excludes halogenated alkanes) is 3. The van der Waals surface area contributed by atoms with Crippen molar-refractivity contribution >= 4 is 0 Å². The zero-order valence-corrected chi connectivity index (χ0v) is 15.2. The molecule has 0 aliphatic heterocycles. The summed E-state index contributed by atoms with van der Waals surface area (Å²) >= 11 is 0. The second-order valence-electron chi connectivity index (χ2n) is 6.51. The fourth-order valence-electron chi connectivity index (χ4n) is 2.54. The van der Waals surface area contributed by atoms with Gasteiger partial charge in [0.05, 0.1) is 12.7 Å². The van der Waals surface area contributed by atoms with E-state index in [1.807, 2.05) is 12.1 Å². The van der Waals surface area contributed by atoms with E-state index in [9.17, 15) is 5.11 Å². The third kappa shape index (κ3) is 9.62. The van der Waals surface area contributed by atoms with Crippen molar-refractivity contribution in [1.29, 1.82) is 0 Å². The molecule has 0 saturated heterocycles. The van der Waals surface area contributed by atoms with Crippen molar-refractivity contribution in [3.05, 3.63) is 29.8 Å². The first kappa shape index (κ1) is 20.0. The summed E-state index contributed by atoms with van der Waals surface area (Å²) in [5.41, 5.74) is 1.15. The van der Waals surface area contributed by atoms with E-state index in [2.05, 4.69) is 38.2 Å². The molecule has 0 saturated carbocycles.